The van der Waals surface area contributed by atoms with Crippen LogP contribution in [0.2, 0.25) is 0 Å². The summed E-state index contributed by atoms with van der Waals surface area (Å²) in [5, 5.41) is 4.61. The smallest absolute Gasteiger partial charge is 0.184 e. The van der Waals surface area contributed by atoms with E-state index >= 15 is 0 Å². The standard InChI is InChI=1S/C73H46N4/c1-6-24-48(25-7-1)71-74-69(76-65-40-22-18-36-55(65)59-44-57-53-34-16-20-38-61(53)72(63(57)46-67(59)76,49-26-8-2-9-27-49)50-28-10-3-11-29-50)42-43-70(75-71)77-66-41-23-19-37-56(66)60-45-58-54-35-17-21-39-62(54)73(64(58)47-68(60)77,51-30-12-4-13-31-51)52-32-14-5-15-33-52/h1-42,44-47H. The Balaban J connectivity index is 0.981. The maximum absolute atomic E-state index is 5.66. The first kappa shape index (κ1) is 43.3. The number of hydrogen-bond donors (Lipinski definition) is 0. The molecule has 0 N–H and O–H groups in total. The molecule has 4 heteroatoms. The van der Waals surface area contributed by atoms with Crippen molar-refractivity contribution in [2.24, 2.45) is 9.98 Å². The fraction of sp³-hybridized carbons (Fsp3) is 0.0274. The zero-order valence-corrected chi connectivity index (χ0v) is 41.8. The van der Waals surface area contributed by atoms with Crippen molar-refractivity contribution in [3.63, 3.8) is 0 Å². The van der Waals surface area contributed by atoms with E-state index in [1.165, 1.54) is 66.8 Å². The number of aromatic nitrogens is 2. The SMILES string of the molecule is C1=CC(n2c3ccccc3c3cc4c(cc32)C(c2ccccc2)(c2ccccc2)c2ccccc2-4)=NC(c2ccccc2)=NC=1n1c2ccccc2c2cc3c(cc21)C(c1ccccc1)(c1ccccc1)c1ccccc1-3. The lowest BCUT2D eigenvalue weighted by molar-refractivity contribution is 0.769. The largest absolute Gasteiger partial charge is 0.293 e. The first-order chi connectivity index (χ1) is 38.2. The van der Waals surface area contributed by atoms with E-state index in [2.05, 4.69) is 294 Å². The summed E-state index contributed by atoms with van der Waals surface area (Å²) in [6.45, 7) is 0. The number of hydrogen-bond acceptors (Lipinski definition) is 2. The average molecular weight is 979 g/mol. The van der Waals surface area contributed by atoms with Crippen LogP contribution in [0.1, 0.15) is 50.1 Å². The number of fused-ring (bicyclic) bond motifs is 12. The van der Waals surface area contributed by atoms with Gasteiger partial charge in [-0.05, 0) is 103 Å². The van der Waals surface area contributed by atoms with Gasteiger partial charge in [0.25, 0.3) is 0 Å². The van der Waals surface area contributed by atoms with Gasteiger partial charge in [-0.2, -0.15) is 0 Å². The van der Waals surface area contributed by atoms with Crippen molar-refractivity contribution in [3.05, 3.63) is 335 Å². The lowest BCUT2D eigenvalue weighted by Crippen LogP contribution is -2.28. The molecule has 0 saturated heterocycles. The summed E-state index contributed by atoms with van der Waals surface area (Å²) in [5.74, 6) is 1.97. The highest BCUT2D eigenvalue weighted by Crippen LogP contribution is 2.59. The van der Waals surface area contributed by atoms with Gasteiger partial charge in [0.15, 0.2) is 11.7 Å². The Labute approximate surface area is 445 Å². The fourth-order valence-electron chi connectivity index (χ4n) is 13.7. The molecule has 0 radical (unpaired) electrons. The van der Waals surface area contributed by atoms with E-state index in [1.54, 1.807) is 0 Å². The van der Waals surface area contributed by atoms with Crippen molar-refractivity contribution in [2.45, 2.75) is 10.8 Å². The molecular formula is C73H46N4. The number of nitrogens with zero attached hydrogens (tertiary/aromatic N) is 4. The minimum Gasteiger partial charge on any atom is -0.293 e. The predicted octanol–water partition coefficient (Wildman–Crippen LogP) is 17.0. The molecule has 77 heavy (non-hydrogen) atoms. The van der Waals surface area contributed by atoms with Crippen molar-refractivity contribution in [2.75, 3.05) is 0 Å². The molecule has 1 aliphatic heterocycles. The summed E-state index contributed by atoms with van der Waals surface area (Å²) in [4.78, 5) is 11.3. The normalized spacial score (nSPS) is 14.7. The summed E-state index contributed by atoms with van der Waals surface area (Å²) in [6.07, 6.45) is 2.06. The van der Waals surface area contributed by atoms with Crippen LogP contribution in [0.4, 0.5) is 0 Å². The van der Waals surface area contributed by atoms with Crippen LogP contribution in [-0.2, 0) is 10.8 Å². The van der Waals surface area contributed by atoms with Crippen LogP contribution in [0.5, 0.6) is 0 Å². The van der Waals surface area contributed by atoms with Gasteiger partial charge in [0.05, 0.1) is 32.9 Å². The lowest BCUT2D eigenvalue weighted by atomic mass is 9.67. The molecule has 4 nitrogen and oxygen atoms in total. The van der Waals surface area contributed by atoms with Crippen LogP contribution in [0.3, 0.4) is 0 Å². The molecule has 13 aromatic rings. The highest BCUT2D eigenvalue weighted by Gasteiger charge is 2.48. The van der Waals surface area contributed by atoms with E-state index in [-0.39, 0.29) is 0 Å². The van der Waals surface area contributed by atoms with E-state index in [9.17, 15) is 0 Å². The van der Waals surface area contributed by atoms with Gasteiger partial charge in [0.1, 0.15) is 5.84 Å². The fourth-order valence-corrected chi connectivity index (χ4v) is 13.7. The number of rotatable bonds is 6. The van der Waals surface area contributed by atoms with Crippen molar-refractivity contribution >= 4 is 61.1 Å². The molecule has 3 heterocycles. The van der Waals surface area contributed by atoms with E-state index in [1.807, 2.05) is 0 Å². The number of amidine groups is 1. The van der Waals surface area contributed by atoms with Gasteiger partial charge in [-0.1, -0.05) is 242 Å². The second kappa shape index (κ2) is 16.7. The summed E-state index contributed by atoms with van der Waals surface area (Å²) in [5.41, 5.74) is 22.7. The molecule has 2 aliphatic carbocycles. The highest BCUT2D eigenvalue weighted by molar-refractivity contribution is 6.22. The predicted molar refractivity (Wildman–Crippen MR) is 317 cm³/mol. The molecule has 3 aliphatic rings. The number of aliphatic imine (C=N–C) groups is 2. The van der Waals surface area contributed by atoms with E-state index in [4.69, 9.17) is 9.98 Å². The average Bonchev–Trinajstić information content (AvgIpc) is 4.16. The van der Waals surface area contributed by atoms with Gasteiger partial charge in [0, 0.05) is 33.2 Å². The van der Waals surface area contributed by atoms with Crippen LogP contribution in [-0.4, -0.2) is 20.8 Å². The van der Waals surface area contributed by atoms with E-state index in [0.29, 0.717) is 11.7 Å². The van der Waals surface area contributed by atoms with Gasteiger partial charge in [-0.3, -0.25) is 9.13 Å². The molecule has 358 valence electrons. The third-order valence-electron chi connectivity index (χ3n) is 16.7. The van der Waals surface area contributed by atoms with E-state index < -0.39 is 10.8 Å². The molecular weight excluding hydrogens is 933 g/mol. The van der Waals surface area contributed by atoms with Gasteiger partial charge in [0.2, 0.25) is 0 Å². The van der Waals surface area contributed by atoms with Crippen LogP contribution in [0.15, 0.2) is 295 Å². The quantitative estimate of drug-likeness (QED) is 0.149. The van der Waals surface area contributed by atoms with Gasteiger partial charge in [-0.15, -0.1) is 0 Å². The second-order valence-electron chi connectivity index (χ2n) is 20.5. The van der Waals surface area contributed by atoms with Gasteiger partial charge < -0.3 is 0 Å². The zero-order valence-electron chi connectivity index (χ0n) is 41.8. The molecule has 0 bridgehead atoms. The Morgan fingerprint density at radius 3 is 1.17 bits per heavy atom. The Morgan fingerprint density at radius 2 is 0.688 bits per heavy atom. The third kappa shape index (κ3) is 6.05. The summed E-state index contributed by atoms with van der Waals surface area (Å²) < 4.78 is 4.66. The number of para-hydroxylation sites is 2. The van der Waals surface area contributed by atoms with Crippen molar-refractivity contribution in [1.29, 1.82) is 0 Å². The number of benzene rings is 11. The van der Waals surface area contributed by atoms with Crippen molar-refractivity contribution in [1.82, 2.24) is 9.13 Å². The minimum atomic E-state index is -0.580. The summed E-state index contributed by atoms with van der Waals surface area (Å²) in [7, 11) is 0. The third-order valence-corrected chi connectivity index (χ3v) is 16.7. The Morgan fingerprint density at radius 1 is 0.299 bits per heavy atom. The Hall–Kier alpha value is -10.1. The first-order valence-corrected chi connectivity index (χ1v) is 26.5. The minimum absolute atomic E-state index is 0.578. The van der Waals surface area contributed by atoms with Crippen LogP contribution >= 0.6 is 0 Å². The monoisotopic (exact) mass is 978 g/mol. The van der Waals surface area contributed by atoms with Gasteiger partial charge in [-0.25, -0.2) is 9.98 Å². The molecule has 0 atom stereocenters. The molecule has 0 saturated carbocycles. The van der Waals surface area contributed by atoms with Crippen LogP contribution < -0.4 is 0 Å². The number of allylic oxidation sites excluding steroid dienone is 1. The molecule has 11 aromatic carbocycles. The Kier molecular flexibility index (Phi) is 9.39. The van der Waals surface area contributed by atoms with Crippen LogP contribution in [0, 0.1) is 0 Å². The maximum atomic E-state index is 5.66. The topological polar surface area (TPSA) is 34.6 Å². The van der Waals surface area contributed by atoms with E-state index in [0.717, 1.165) is 55.0 Å². The molecule has 0 unspecified atom stereocenters. The molecule has 0 amide bonds. The maximum Gasteiger partial charge on any atom is 0.184 e. The van der Waals surface area contributed by atoms with Gasteiger partial charge >= 0.3 is 0 Å². The van der Waals surface area contributed by atoms with Crippen molar-refractivity contribution in [3.8, 4) is 22.3 Å². The second-order valence-corrected chi connectivity index (χ2v) is 20.5. The zero-order chi connectivity index (χ0) is 50.7. The Bertz CT molecular complexity index is 4610. The summed E-state index contributed by atoms with van der Waals surface area (Å²) in [6, 6.07) is 99.7. The van der Waals surface area contributed by atoms with Crippen LogP contribution in [0.25, 0.3) is 71.7 Å². The summed E-state index contributed by atoms with van der Waals surface area (Å²) >= 11 is 0. The molecule has 16 rings (SSSR count). The molecule has 0 fully saturated rings. The highest BCUT2D eigenvalue weighted by atomic mass is 15.2. The lowest BCUT2D eigenvalue weighted by Gasteiger charge is -2.34. The molecule has 2 aromatic heterocycles. The van der Waals surface area contributed by atoms with Crippen molar-refractivity contribution < 1.29 is 0 Å². The molecule has 0 spiro atoms. The first-order valence-electron chi connectivity index (χ1n) is 26.5.